The number of benzene rings is 1. The van der Waals surface area contributed by atoms with Gasteiger partial charge in [0, 0.05) is 0 Å². The van der Waals surface area contributed by atoms with Crippen LogP contribution in [0.15, 0.2) is 18.2 Å². The Bertz CT molecular complexity index is 419. The van der Waals surface area contributed by atoms with E-state index in [2.05, 4.69) is 4.84 Å². The molecule has 1 rings (SSSR count). The Morgan fingerprint density at radius 3 is 2.65 bits per heavy atom. The molecule has 0 aliphatic rings. The fourth-order valence-electron chi connectivity index (χ4n) is 0.929. The lowest BCUT2D eigenvalue weighted by Gasteiger charge is -2.09. The van der Waals surface area contributed by atoms with Crippen molar-refractivity contribution in [2.24, 2.45) is 0 Å². The smallest absolute Gasteiger partial charge is 0.414 e. The van der Waals surface area contributed by atoms with Gasteiger partial charge >= 0.3 is 6.18 Å². The van der Waals surface area contributed by atoms with Crippen LogP contribution in [0.1, 0.15) is 10.4 Å². The summed E-state index contributed by atoms with van der Waals surface area (Å²) in [5.41, 5.74) is 0.917. The quantitative estimate of drug-likeness (QED) is 0.637. The van der Waals surface area contributed by atoms with Crippen LogP contribution in [0.5, 0.6) is 5.75 Å². The molecular weight excluding hydrogens is 246 g/mol. The summed E-state index contributed by atoms with van der Waals surface area (Å²) in [5, 5.41) is 9.16. The Balaban J connectivity index is 2.61. The summed E-state index contributed by atoms with van der Waals surface area (Å²) in [5.74, 6) is -2.56. The number of halogens is 4. The lowest BCUT2D eigenvalue weighted by atomic mass is 10.2. The van der Waals surface area contributed by atoms with Crippen molar-refractivity contribution in [1.29, 1.82) is 0 Å². The maximum absolute atomic E-state index is 12.7. The van der Waals surface area contributed by atoms with Gasteiger partial charge in [-0.1, -0.05) is 0 Å². The van der Waals surface area contributed by atoms with Crippen molar-refractivity contribution in [3.8, 4) is 5.75 Å². The molecule has 0 saturated carbocycles. The van der Waals surface area contributed by atoms with Crippen molar-refractivity contribution >= 4 is 5.91 Å². The van der Waals surface area contributed by atoms with Crippen LogP contribution in [0.25, 0.3) is 0 Å². The number of phenolic OH excluding ortho intramolecular Hbond substituents is 1. The molecule has 0 aromatic heterocycles. The minimum absolute atomic E-state index is 0.521. The van der Waals surface area contributed by atoms with E-state index in [1.807, 2.05) is 0 Å². The Morgan fingerprint density at radius 1 is 1.41 bits per heavy atom. The number of alkyl halides is 3. The van der Waals surface area contributed by atoms with Crippen LogP contribution in [-0.4, -0.2) is 23.8 Å². The predicted molar refractivity (Wildman–Crippen MR) is 47.5 cm³/mol. The van der Waals surface area contributed by atoms with E-state index in [0.717, 1.165) is 12.1 Å². The van der Waals surface area contributed by atoms with Gasteiger partial charge in [0.25, 0.3) is 5.91 Å². The lowest BCUT2D eigenvalue weighted by molar-refractivity contribution is -0.184. The largest absolute Gasteiger partial charge is 0.507 e. The zero-order chi connectivity index (χ0) is 13.1. The minimum atomic E-state index is -4.60. The molecule has 0 saturated heterocycles. The van der Waals surface area contributed by atoms with Crippen LogP contribution in [0, 0.1) is 5.82 Å². The van der Waals surface area contributed by atoms with Gasteiger partial charge in [-0.25, -0.2) is 9.87 Å². The van der Waals surface area contributed by atoms with Crippen LogP contribution < -0.4 is 5.48 Å². The molecule has 17 heavy (non-hydrogen) atoms. The zero-order valence-corrected chi connectivity index (χ0v) is 8.21. The van der Waals surface area contributed by atoms with E-state index in [1.54, 1.807) is 0 Å². The monoisotopic (exact) mass is 253 g/mol. The molecule has 0 atom stereocenters. The van der Waals surface area contributed by atoms with Crippen LogP contribution in [0.3, 0.4) is 0 Å². The van der Waals surface area contributed by atoms with Gasteiger partial charge in [-0.15, -0.1) is 0 Å². The minimum Gasteiger partial charge on any atom is -0.507 e. The second-order valence-corrected chi connectivity index (χ2v) is 3.00. The van der Waals surface area contributed by atoms with Crippen molar-refractivity contribution in [2.75, 3.05) is 6.61 Å². The number of hydroxylamine groups is 1. The van der Waals surface area contributed by atoms with Gasteiger partial charge in [-0.05, 0) is 18.2 Å². The molecule has 1 aromatic rings. The summed E-state index contributed by atoms with van der Waals surface area (Å²) < 4.78 is 47.7. The number of rotatable bonds is 3. The average molecular weight is 253 g/mol. The van der Waals surface area contributed by atoms with Gasteiger partial charge in [-0.2, -0.15) is 13.2 Å². The van der Waals surface area contributed by atoms with Gasteiger partial charge in [0.1, 0.15) is 11.6 Å². The van der Waals surface area contributed by atoms with Gasteiger partial charge in [-0.3, -0.25) is 9.63 Å². The summed E-state index contributed by atoms with van der Waals surface area (Å²) in [6.45, 7) is -1.69. The fourth-order valence-corrected chi connectivity index (χ4v) is 0.929. The van der Waals surface area contributed by atoms with E-state index < -0.39 is 35.8 Å². The molecule has 0 bridgehead atoms. The first-order valence-electron chi connectivity index (χ1n) is 4.27. The lowest BCUT2D eigenvalue weighted by Crippen LogP contribution is -2.29. The molecule has 2 N–H and O–H groups in total. The molecule has 8 heteroatoms. The van der Waals surface area contributed by atoms with E-state index in [0.29, 0.717) is 6.07 Å². The molecular formula is C9H7F4NO3. The SMILES string of the molecule is O=C(NOCC(F)(F)F)c1cc(F)ccc1O. The summed E-state index contributed by atoms with van der Waals surface area (Å²) >= 11 is 0. The van der Waals surface area contributed by atoms with Crippen molar-refractivity contribution in [3.05, 3.63) is 29.6 Å². The first-order valence-corrected chi connectivity index (χ1v) is 4.27. The van der Waals surface area contributed by atoms with Crippen LogP contribution >= 0.6 is 0 Å². The van der Waals surface area contributed by atoms with Gasteiger partial charge < -0.3 is 5.11 Å². The second kappa shape index (κ2) is 5.00. The third kappa shape index (κ3) is 4.27. The maximum atomic E-state index is 12.7. The summed E-state index contributed by atoms with van der Waals surface area (Å²) in [6, 6.07) is 2.46. The van der Waals surface area contributed by atoms with Crippen molar-refractivity contribution in [2.45, 2.75) is 6.18 Å². The predicted octanol–water partition coefficient (Wildman–Crippen LogP) is 1.76. The Hall–Kier alpha value is -1.83. The maximum Gasteiger partial charge on any atom is 0.414 e. The number of hydrogen-bond acceptors (Lipinski definition) is 3. The Labute approximate surface area is 92.8 Å². The molecule has 1 amide bonds. The van der Waals surface area contributed by atoms with E-state index in [-0.39, 0.29) is 0 Å². The van der Waals surface area contributed by atoms with Gasteiger partial charge in [0.2, 0.25) is 0 Å². The molecule has 0 spiro atoms. The number of hydrogen-bond donors (Lipinski definition) is 2. The highest BCUT2D eigenvalue weighted by Gasteiger charge is 2.28. The molecule has 94 valence electrons. The standard InChI is InChI=1S/C9H7F4NO3/c10-5-1-2-7(15)6(3-5)8(16)14-17-4-9(11,12)13/h1-3,15H,4H2,(H,14,16). The molecule has 1 aromatic carbocycles. The van der Waals surface area contributed by atoms with Crippen LogP contribution in [-0.2, 0) is 4.84 Å². The first kappa shape index (κ1) is 13.2. The van der Waals surface area contributed by atoms with E-state index in [9.17, 15) is 22.4 Å². The normalized spacial score (nSPS) is 11.3. The molecule has 4 nitrogen and oxygen atoms in total. The van der Waals surface area contributed by atoms with Gasteiger partial charge in [0.05, 0.1) is 5.56 Å². The average Bonchev–Trinajstić information content (AvgIpc) is 2.19. The molecule has 0 radical (unpaired) electrons. The molecule has 0 aliphatic heterocycles. The number of aromatic hydroxyl groups is 1. The fraction of sp³-hybridized carbons (Fsp3) is 0.222. The molecule has 0 heterocycles. The second-order valence-electron chi connectivity index (χ2n) is 3.00. The molecule has 0 aliphatic carbocycles. The molecule has 0 unspecified atom stereocenters. The van der Waals surface area contributed by atoms with E-state index in [1.165, 1.54) is 5.48 Å². The van der Waals surface area contributed by atoms with E-state index >= 15 is 0 Å². The van der Waals surface area contributed by atoms with Crippen molar-refractivity contribution in [3.63, 3.8) is 0 Å². The number of carbonyl (C=O) groups excluding carboxylic acids is 1. The van der Waals surface area contributed by atoms with E-state index in [4.69, 9.17) is 5.11 Å². The highest BCUT2D eigenvalue weighted by atomic mass is 19.4. The third-order valence-electron chi connectivity index (χ3n) is 1.60. The summed E-state index contributed by atoms with van der Waals surface area (Å²) in [4.78, 5) is 15.0. The Kier molecular flexibility index (Phi) is 3.89. The first-order chi connectivity index (χ1) is 7.79. The number of nitrogens with one attached hydrogen (secondary N) is 1. The van der Waals surface area contributed by atoms with Crippen molar-refractivity contribution < 1.29 is 32.3 Å². The number of carbonyl (C=O) groups is 1. The van der Waals surface area contributed by atoms with Crippen LogP contribution in [0.4, 0.5) is 17.6 Å². The third-order valence-corrected chi connectivity index (χ3v) is 1.60. The highest BCUT2D eigenvalue weighted by Crippen LogP contribution is 2.18. The summed E-state index contributed by atoms with van der Waals surface area (Å²) in [6.07, 6.45) is -4.60. The highest BCUT2D eigenvalue weighted by molar-refractivity contribution is 5.96. The topological polar surface area (TPSA) is 58.6 Å². The van der Waals surface area contributed by atoms with Gasteiger partial charge in [0.15, 0.2) is 6.61 Å². The Morgan fingerprint density at radius 2 is 2.06 bits per heavy atom. The molecule has 0 fully saturated rings. The number of amides is 1. The zero-order valence-electron chi connectivity index (χ0n) is 8.21. The number of phenols is 1. The van der Waals surface area contributed by atoms with Crippen LogP contribution in [0.2, 0.25) is 0 Å². The summed E-state index contributed by atoms with van der Waals surface area (Å²) in [7, 11) is 0. The van der Waals surface area contributed by atoms with Crippen molar-refractivity contribution in [1.82, 2.24) is 5.48 Å².